The minimum absolute atomic E-state index is 0.743. The van der Waals surface area contributed by atoms with Crippen molar-refractivity contribution in [3.05, 3.63) is 24.2 Å². The van der Waals surface area contributed by atoms with Crippen molar-refractivity contribution in [2.45, 2.75) is 26.3 Å². The van der Waals surface area contributed by atoms with Crippen LogP contribution in [-0.2, 0) is 13.0 Å². The number of thioether (sulfide) groups is 1. The number of anilines is 1. The summed E-state index contributed by atoms with van der Waals surface area (Å²) in [4.78, 5) is 4.48. The number of aromatic nitrogens is 2. The normalized spacial score (nSPS) is 10.5. The van der Waals surface area contributed by atoms with Gasteiger partial charge in [0.1, 0.15) is 11.6 Å². The lowest BCUT2D eigenvalue weighted by molar-refractivity contribution is 0.792. The number of aryl methyl sites for hydroxylation is 2. The standard InChI is InChI=1S/C11H19N3S/c1-4-7-14-9(2)13-10(11(14)12)6-5-8-15-3/h4H,1,5-8,12H2,2-3H3. The van der Waals surface area contributed by atoms with Crippen LogP contribution in [0.2, 0.25) is 0 Å². The summed E-state index contributed by atoms with van der Waals surface area (Å²) in [5.74, 6) is 2.94. The van der Waals surface area contributed by atoms with Gasteiger partial charge in [0.05, 0.1) is 5.69 Å². The number of imidazole rings is 1. The lowest BCUT2D eigenvalue weighted by Gasteiger charge is -2.03. The minimum atomic E-state index is 0.743. The molecule has 2 N–H and O–H groups in total. The summed E-state index contributed by atoms with van der Waals surface area (Å²) in [5.41, 5.74) is 7.05. The number of hydrogen-bond donors (Lipinski definition) is 1. The smallest absolute Gasteiger partial charge is 0.127 e. The number of rotatable bonds is 6. The van der Waals surface area contributed by atoms with E-state index in [0.717, 1.165) is 42.5 Å². The van der Waals surface area contributed by atoms with Crippen LogP contribution in [0.15, 0.2) is 12.7 Å². The third-order valence-corrected chi connectivity index (χ3v) is 3.04. The molecule has 0 atom stereocenters. The van der Waals surface area contributed by atoms with Crippen molar-refractivity contribution in [1.82, 2.24) is 9.55 Å². The molecule has 1 heterocycles. The summed E-state index contributed by atoms with van der Waals surface area (Å²) in [5, 5.41) is 0. The molecule has 0 spiro atoms. The Bertz CT molecular complexity index is 331. The maximum absolute atomic E-state index is 6.02. The van der Waals surface area contributed by atoms with Crippen molar-refractivity contribution in [1.29, 1.82) is 0 Å². The largest absolute Gasteiger partial charge is 0.384 e. The topological polar surface area (TPSA) is 43.8 Å². The second-order valence-corrected chi connectivity index (χ2v) is 4.47. The Balaban J connectivity index is 2.72. The SMILES string of the molecule is C=CCn1c(C)nc(CCCSC)c1N. The number of allylic oxidation sites excluding steroid dienone is 1. The van der Waals surface area contributed by atoms with Gasteiger partial charge >= 0.3 is 0 Å². The monoisotopic (exact) mass is 225 g/mol. The Hall–Kier alpha value is -0.900. The summed E-state index contributed by atoms with van der Waals surface area (Å²) in [6.07, 6.45) is 6.06. The van der Waals surface area contributed by atoms with Gasteiger partial charge in [0.15, 0.2) is 0 Å². The van der Waals surface area contributed by atoms with Crippen LogP contribution < -0.4 is 5.73 Å². The zero-order chi connectivity index (χ0) is 11.3. The highest BCUT2D eigenvalue weighted by molar-refractivity contribution is 7.98. The van der Waals surface area contributed by atoms with Gasteiger partial charge in [-0.05, 0) is 31.8 Å². The van der Waals surface area contributed by atoms with Gasteiger partial charge in [0.25, 0.3) is 0 Å². The first kappa shape index (κ1) is 12.2. The second kappa shape index (κ2) is 5.85. The molecule has 0 aliphatic heterocycles. The molecule has 1 aromatic heterocycles. The number of nitrogens with two attached hydrogens (primary N) is 1. The van der Waals surface area contributed by atoms with Crippen molar-refractivity contribution >= 4 is 17.6 Å². The molecule has 0 amide bonds. The Kier molecular flexibility index (Phi) is 4.75. The molecule has 0 aliphatic rings. The molecule has 0 saturated carbocycles. The minimum Gasteiger partial charge on any atom is -0.384 e. The number of nitrogen functional groups attached to an aromatic ring is 1. The number of nitrogens with zero attached hydrogens (tertiary/aromatic N) is 2. The molecule has 4 heteroatoms. The average molecular weight is 225 g/mol. The van der Waals surface area contributed by atoms with E-state index in [-0.39, 0.29) is 0 Å². The van der Waals surface area contributed by atoms with Crippen molar-refractivity contribution in [2.24, 2.45) is 0 Å². The highest BCUT2D eigenvalue weighted by atomic mass is 32.2. The van der Waals surface area contributed by atoms with Gasteiger partial charge in [-0.25, -0.2) is 4.98 Å². The van der Waals surface area contributed by atoms with E-state index in [4.69, 9.17) is 5.73 Å². The fourth-order valence-electron chi connectivity index (χ4n) is 1.57. The van der Waals surface area contributed by atoms with E-state index >= 15 is 0 Å². The maximum Gasteiger partial charge on any atom is 0.127 e. The molecule has 1 aromatic rings. The Morgan fingerprint density at radius 3 is 2.93 bits per heavy atom. The van der Waals surface area contributed by atoms with Crippen molar-refractivity contribution in [2.75, 3.05) is 17.7 Å². The van der Waals surface area contributed by atoms with Crippen LogP contribution in [0.4, 0.5) is 5.82 Å². The first-order valence-electron chi connectivity index (χ1n) is 5.12. The van der Waals surface area contributed by atoms with E-state index in [2.05, 4.69) is 17.8 Å². The van der Waals surface area contributed by atoms with Crippen LogP contribution >= 0.6 is 11.8 Å². The van der Waals surface area contributed by atoms with Gasteiger partial charge in [-0.15, -0.1) is 6.58 Å². The summed E-state index contributed by atoms with van der Waals surface area (Å²) in [6, 6.07) is 0. The third kappa shape index (κ3) is 3.02. The van der Waals surface area contributed by atoms with Crippen LogP contribution in [0.5, 0.6) is 0 Å². The van der Waals surface area contributed by atoms with Gasteiger partial charge in [0.2, 0.25) is 0 Å². The van der Waals surface area contributed by atoms with Crippen molar-refractivity contribution in [3.63, 3.8) is 0 Å². The van der Waals surface area contributed by atoms with Crippen LogP contribution in [0.1, 0.15) is 17.9 Å². The van der Waals surface area contributed by atoms with E-state index in [1.54, 1.807) is 0 Å². The maximum atomic E-state index is 6.02. The van der Waals surface area contributed by atoms with Gasteiger partial charge in [0, 0.05) is 6.54 Å². The third-order valence-electron chi connectivity index (χ3n) is 2.35. The molecule has 3 nitrogen and oxygen atoms in total. The molecule has 0 unspecified atom stereocenters. The molecule has 0 bridgehead atoms. The highest BCUT2D eigenvalue weighted by Crippen LogP contribution is 2.16. The van der Waals surface area contributed by atoms with E-state index in [9.17, 15) is 0 Å². The van der Waals surface area contributed by atoms with Gasteiger partial charge in [-0.1, -0.05) is 6.08 Å². The van der Waals surface area contributed by atoms with Crippen molar-refractivity contribution in [3.8, 4) is 0 Å². The van der Waals surface area contributed by atoms with E-state index in [0.29, 0.717) is 0 Å². The van der Waals surface area contributed by atoms with Crippen LogP contribution in [0, 0.1) is 6.92 Å². The Labute approximate surface area is 95.8 Å². The first-order chi connectivity index (χ1) is 7.20. The quantitative estimate of drug-likeness (QED) is 0.596. The van der Waals surface area contributed by atoms with Gasteiger partial charge < -0.3 is 10.3 Å². The van der Waals surface area contributed by atoms with E-state index < -0.39 is 0 Å². The molecule has 1 rings (SSSR count). The second-order valence-electron chi connectivity index (χ2n) is 3.49. The first-order valence-corrected chi connectivity index (χ1v) is 6.51. The lowest BCUT2D eigenvalue weighted by Crippen LogP contribution is -2.04. The average Bonchev–Trinajstić information content (AvgIpc) is 2.47. The van der Waals surface area contributed by atoms with Gasteiger partial charge in [-0.3, -0.25) is 0 Å². The molecule has 84 valence electrons. The van der Waals surface area contributed by atoms with E-state index in [1.807, 2.05) is 29.3 Å². The zero-order valence-corrected chi connectivity index (χ0v) is 10.3. The summed E-state index contributed by atoms with van der Waals surface area (Å²) in [7, 11) is 0. The Morgan fingerprint density at radius 2 is 2.33 bits per heavy atom. The summed E-state index contributed by atoms with van der Waals surface area (Å²) >= 11 is 1.86. The van der Waals surface area contributed by atoms with E-state index in [1.165, 1.54) is 0 Å². The fourth-order valence-corrected chi connectivity index (χ4v) is 2.00. The zero-order valence-electron chi connectivity index (χ0n) is 9.49. The van der Waals surface area contributed by atoms with Crippen LogP contribution in [0.3, 0.4) is 0 Å². The predicted octanol–water partition coefficient (Wildman–Crippen LogP) is 2.26. The van der Waals surface area contributed by atoms with Crippen LogP contribution in [-0.4, -0.2) is 21.6 Å². The van der Waals surface area contributed by atoms with Gasteiger partial charge in [-0.2, -0.15) is 11.8 Å². The molecule has 0 fully saturated rings. The van der Waals surface area contributed by atoms with Crippen molar-refractivity contribution < 1.29 is 0 Å². The molecular weight excluding hydrogens is 206 g/mol. The molecule has 0 aromatic carbocycles. The lowest BCUT2D eigenvalue weighted by atomic mass is 10.2. The number of hydrogen-bond acceptors (Lipinski definition) is 3. The highest BCUT2D eigenvalue weighted by Gasteiger charge is 2.09. The molecule has 0 aliphatic carbocycles. The summed E-state index contributed by atoms with van der Waals surface area (Å²) < 4.78 is 2.00. The Morgan fingerprint density at radius 1 is 1.60 bits per heavy atom. The molecule has 0 saturated heterocycles. The molecule has 0 radical (unpaired) electrons. The fraction of sp³-hybridized carbons (Fsp3) is 0.545. The predicted molar refractivity (Wildman–Crippen MR) is 68.3 cm³/mol. The molecule has 15 heavy (non-hydrogen) atoms. The molecular formula is C11H19N3S. The van der Waals surface area contributed by atoms with Crippen LogP contribution in [0.25, 0.3) is 0 Å². The summed E-state index contributed by atoms with van der Waals surface area (Å²) in [6.45, 7) is 6.44.